The van der Waals surface area contributed by atoms with E-state index in [4.69, 9.17) is 10.5 Å². The van der Waals surface area contributed by atoms with Crippen molar-refractivity contribution in [3.63, 3.8) is 0 Å². The van der Waals surface area contributed by atoms with Gasteiger partial charge in [-0.2, -0.15) is 5.10 Å². The predicted molar refractivity (Wildman–Crippen MR) is 61.5 cm³/mol. The molecule has 1 aromatic heterocycles. The van der Waals surface area contributed by atoms with Crippen LogP contribution in [0.4, 0.5) is 5.69 Å². The Morgan fingerprint density at radius 3 is 3.06 bits per heavy atom. The van der Waals surface area contributed by atoms with Crippen LogP contribution in [0.2, 0.25) is 0 Å². The van der Waals surface area contributed by atoms with Gasteiger partial charge >= 0.3 is 5.97 Å². The minimum absolute atomic E-state index is 0.148. The number of esters is 1. The maximum absolute atomic E-state index is 11.3. The van der Waals surface area contributed by atoms with Crippen molar-refractivity contribution < 1.29 is 14.3 Å². The highest BCUT2D eigenvalue weighted by atomic mass is 16.5. The van der Waals surface area contributed by atoms with Crippen molar-refractivity contribution in [2.75, 3.05) is 12.8 Å². The van der Waals surface area contributed by atoms with Gasteiger partial charge in [0.05, 0.1) is 31.5 Å². The fraction of sp³-hybridized carbons (Fsp3) is 0.636. The average Bonchev–Trinajstić information content (AvgIpc) is 2.85. The summed E-state index contributed by atoms with van der Waals surface area (Å²) in [4.78, 5) is 11.3. The van der Waals surface area contributed by atoms with Crippen LogP contribution in [0.25, 0.3) is 0 Å². The summed E-state index contributed by atoms with van der Waals surface area (Å²) in [6, 6.07) is 0. The number of aromatic nitrogens is 2. The molecule has 0 aliphatic carbocycles. The van der Waals surface area contributed by atoms with Crippen molar-refractivity contribution in [2.24, 2.45) is 0 Å². The second-order valence-electron chi connectivity index (χ2n) is 4.29. The molecule has 0 aromatic carbocycles. The molecule has 1 aliphatic rings. The average molecular weight is 239 g/mol. The van der Waals surface area contributed by atoms with Crippen LogP contribution in [0.5, 0.6) is 0 Å². The number of nitrogens with zero attached hydrogens (tertiary/aromatic N) is 2. The lowest BCUT2D eigenvalue weighted by Gasteiger charge is -2.10. The molecule has 0 bridgehead atoms. The van der Waals surface area contributed by atoms with Gasteiger partial charge in [-0.05, 0) is 19.8 Å². The Kier molecular flexibility index (Phi) is 3.33. The first-order chi connectivity index (χ1) is 8.10. The van der Waals surface area contributed by atoms with E-state index in [9.17, 15) is 4.79 Å². The Morgan fingerprint density at radius 1 is 1.71 bits per heavy atom. The van der Waals surface area contributed by atoms with E-state index in [1.165, 1.54) is 7.11 Å². The Hall–Kier alpha value is -1.56. The molecule has 2 rings (SSSR count). The minimum Gasteiger partial charge on any atom is -0.464 e. The monoisotopic (exact) mass is 239 g/mol. The first kappa shape index (κ1) is 11.9. The Morgan fingerprint density at radius 2 is 2.47 bits per heavy atom. The molecule has 2 heterocycles. The lowest BCUT2D eigenvalue weighted by molar-refractivity contribution is 0.0431. The minimum atomic E-state index is -0.512. The van der Waals surface area contributed by atoms with Crippen LogP contribution < -0.4 is 5.73 Å². The fourth-order valence-corrected chi connectivity index (χ4v) is 2.01. The molecule has 1 fully saturated rings. The van der Waals surface area contributed by atoms with E-state index < -0.39 is 5.97 Å². The van der Waals surface area contributed by atoms with Gasteiger partial charge in [0.25, 0.3) is 0 Å². The maximum atomic E-state index is 11.3. The molecular weight excluding hydrogens is 222 g/mol. The van der Waals surface area contributed by atoms with E-state index in [-0.39, 0.29) is 11.8 Å². The number of nitrogen functional groups attached to an aromatic ring is 1. The van der Waals surface area contributed by atoms with E-state index in [2.05, 4.69) is 16.8 Å². The van der Waals surface area contributed by atoms with E-state index in [0.29, 0.717) is 18.3 Å². The third-order valence-corrected chi connectivity index (χ3v) is 2.88. The molecule has 1 saturated heterocycles. The number of rotatable bonds is 3. The van der Waals surface area contributed by atoms with Crippen molar-refractivity contribution in [3.8, 4) is 0 Å². The van der Waals surface area contributed by atoms with Crippen LogP contribution in [0, 0.1) is 0 Å². The normalized spacial score (nSPS) is 23.9. The van der Waals surface area contributed by atoms with Crippen LogP contribution in [0.15, 0.2) is 6.20 Å². The molecule has 0 amide bonds. The van der Waals surface area contributed by atoms with E-state index in [0.717, 1.165) is 12.8 Å². The van der Waals surface area contributed by atoms with Gasteiger partial charge in [-0.1, -0.05) is 0 Å². The third kappa shape index (κ3) is 2.58. The maximum Gasteiger partial charge on any atom is 0.360 e. The fourth-order valence-electron chi connectivity index (χ4n) is 2.01. The van der Waals surface area contributed by atoms with E-state index in [1.807, 2.05) is 0 Å². The summed E-state index contributed by atoms with van der Waals surface area (Å²) in [7, 11) is 1.31. The lowest BCUT2D eigenvalue weighted by atomic mass is 10.2. The summed E-state index contributed by atoms with van der Waals surface area (Å²) < 4.78 is 11.9. The molecule has 94 valence electrons. The highest BCUT2D eigenvalue weighted by Crippen LogP contribution is 2.21. The number of carbonyl (C=O) groups excluding carboxylic acids is 1. The van der Waals surface area contributed by atoms with Crippen molar-refractivity contribution in [3.05, 3.63) is 11.9 Å². The van der Waals surface area contributed by atoms with Crippen LogP contribution in [0.3, 0.4) is 0 Å². The standard InChI is InChI=1S/C11H17N3O3/c1-7-3-4-8(17-7)5-14-6-9(12)10(13-14)11(15)16-2/h6-8H,3-5,12H2,1-2H3. The molecule has 2 atom stereocenters. The second-order valence-corrected chi connectivity index (χ2v) is 4.29. The largest absolute Gasteiger partial charge is 0.464 e. The molecule has 6 nitrogen and oxygen atoms in total. The summed E-state index contributed by atoms with van der Waals surface area (Å²) in [6.07, 6.45) is 4.15. The van der Waals surface area contributed by atoms with E-state index in [1.54, 1.807) is 10.9 Å². The van der Waals surface area contributed by atoms with Gasteiger partial charge in [0.2, 0.25) is 0 Å². The van der Waals surface area contributed by atoms with Crippen LogP contribution in [0.1, 0.15) is 30.3 Å². The van der Waals surface area contributed by atoms with Gasteiger partial charge in [0, 0.05) is 6.20 Å². The zero-order valence-electron chi connectivity index (χ0n) is 10.0. The van der Waals surface area contributed by atoms with Crippen molar-refractivity contribution in [1.29, 1.82) is 0 Å². The molecule has 2 unspecified atom stereocenters. The number of nitrogens with two attached hydrogens (primary N) is 1. The smallest absolute Gasteiger partial charge is 0.360 e. The molecular formula is C11H17N3O3. The van der Waals surface area contributed by atoms with Gasteiger partial charge in [0.15, 0.2) is 5.69 Å². The highest BCUT2D eigenvalue weighted by Gasteiger charge is 2.23. The first-order valence-electron chi connectivity index (χ1n) is 5.67. The quantitative estimate of drug-likeness (QED) is 0.790. The van der Waals surface area contributed by atoms with Gasteiger partial charge in [-0.15, -0.1) is 0 Å². The lowest BCUT2D eigenvalue weighted by Crippen LogP contribution is -2.17. The molecule has 1 aliphatic heterocycles. The number of ether oxygens (including phenoxy) is 2. The number of carbonyl (C=O) groups is 1. The number of hydrogen-bond donors (Lipinski definition) is 1. The molecule has 17 heavy (non-hydrogen) atoms. The summed E-state index contributed by atoms with van der Waals surface area (Å²) >= 11 is 0. The van der Waals surface area contributed by atoms with Gasteiger partial charge in [0.1, 0.15) is 0 Å². The summed E-state index contributed by atoms with van der Waals surface area (Å²) in [5.41, 5.74) is 6.20. The third-order valence-electron chi connectivity index (χ3n) is 2.88. The SMILES string of the molecule is COC(=O)c1nn(CC2CCC(C)O2)cc1N. The number of hydrogen-bond acceptors (Lipinski definition) is 5. The van der Waals surface area contributed by atoms with Gasteiger partial charge in [-0.25, -0.2) is 4.79 Å². The van der Waals surface area contributed by atoms with Crippen molar-refractivity contribution >= 4 is 11.7 Å². The van der Waals surface area contributed by atoms with Crippen molar-refractivity contribution in [1.82, 2.24) is 9.78 Å². The first-order valence-corrected chi connectivity index (χ1v) is 5.67. The summed E-state index contributed by atoms with van der Waals surface area (Å²) in [6.45, 7) is 2.67. The molecule has 0 saturated carbocycles. The Labute approximate surface area is 99.7 Å². The molecule has 1 aromatic rings. The van der Waals surface area contributed by atoms with Gasteiger partial charge in [-0.3, -0.25) is 4.68 Å². The summed E-state index contributed by atoms with van der Waals surface area (Å²) in [5.74, 6) is -0.512. The zero-order valence-corrected chi connectivity index (χ0v) is 10.0. The van der Waals surface area contributed by atoms with E-state index >= 15 is 0 Å². The summed E-state index contributed by atoms with van der Waals surface area (Å²) in [5, 5.41) is 4.11. The number of methoxy groups -OCH3 is 1. The molecule has 0 radical (unpaired) electrons. The van der Waals surface area contributed by atoms with Gasteiger partial charge < -0.3 is 15.2 Å². The molecule has 0 spiro atoms. The molecule has 2 N–H and O–H groups in total. The van der Waals surface area contributed by atoms with Crippen LogP contribution in [-0.4, -0.2) is 35.1 Å². The predicted octanol–water partition coefficient (Wildman–Crippen LogP) is 0.819. The highest BCUT2D eigenvalue weighted by molar-refractivity contribution is 5.92. The number of anilines is 1. The Balaban J connectivity index is 2.05. The zero-order chi connectivity index (χ0) is 12.4. The topological polar surface area (TPSA) is 79.4 Å². The Bertz CT molecular complexity index is 416. The second kappa shape index (κ2) is 4.75. The van der Waals surface area contributed by atoms with Crippen LogP contribution in [-0.2, 0) is 16.0 Å². The van der Waals surface area contributed by atoms with Crippen LogP contribution >= 0.6 is 0 Å². The molecule has 6 heteroatoms. The van der Waals surface area contributed by atoms with Crippen molar-refractivity contribution in [2.45, 2.75) is 38.5 Å².